The van der Waals surface area contributed by atoms with Crippen LogP contribution in [0.4, 0.5) is 4.39 Å². The molecule has 0 N–H and O–H groups in total. The lowest BCUT2D eigenvalue weighted by atomic mass is 10.1. The molecule has 0 spiro atoms. The Bertz CT molecular complexity index is 529. The average molecular weight is 304 g/mol. The number of carbonyl (C=O) groups excluding carboxylic acids is 1. The van der Waals surface area contributed by atoms with Gasteiger partial charge in [0, 0.05) is 38.8 Å². The number of nitrogens with zero attached hydrogens (tertiary/aromatic N) is 2. The van der Waals surface area contributed by atoms with Crippen LogP contribution in [0.5, 0.6) is 0 Å². The molecule has 1 aliphatic rings. The van der Waals surface area contributed by atoms with Gasteiger partial charge in [0.2, 0.25) is 5.91 Å². The molecule has 0 bridgehead atoms. The highest BCUT2D eigenvalue weighted by Gasteiger charge is 2.20. The summed E-state index contributed by atoms with van der Waals surface area (Å²) in [5.41, 5.74) is 1.75. The van der Waals surface area contributed by atoms with Gasteiger partial charge < -0.3 is 4.90 Å². The molecule has 0 saturated carbocycles. The Labute approximate surface area is 132 Å². The predicted octanol–water partition coefficient (Wildman–Crippen LogP) is 3.03. The molecule has 1 saturated heterocycles. The van der Waals surface area contributed by atoms with Gasteiger partial charge in [0.15, 0.2) is 0 Å². The normalized spacial score (nSPS) is 17.1. The van der Waals surface area contributed by atoms with Gasteiger partial charge in [0.05, 0.1) is 0 Å². The van der Waals surface area contributed by atoms with Gasteiger partial charge >= 0.3 is 0 Å². The number of benzene rings is 1. The quantitative estimate of drug-likeness (QED) is 0.798. The van der Waals surface area contributed by atoms with Gasteiger partial charge in [0.25, 0.3) is 0 Å². The number of hydrogen-bond donors (Lipinski definition) is 0. The minimum atomic E-state index is -0.260. The second-order valence-electron chi connectivity index (χ2n) is 6.35. The zero-order valence-corrected chi connectivity index (χ0v) is 13.7. The van der Waals surface area contributed by atoms with E-state index >= 15 is 0 Å². The minimum absolute atomic E-state index is 0.0472. The number of hydrogen-bond acceptors (Lipinski definition) is 2. The Balaban J connectivity index is 1.92. The third-order valence-corrected chi connectivity index (χ3v) is 3.95. The van der Waals surface area contributed by atoms with E-state index in [1.165, 1.54) is 12.1 Å². The van der Waals surface area contributed by atoms with Crippen LogP contribution in [0.3, 0.4) is 0 Å². The van der Waals surface area contributed by atoms with Gasteiger partial charge in [-0.05, 0) is 36.1 Å². The highest BCUT2D eigenvalue weighted by atomic mass is 19.1. The Morgan fingerprint density at radius 3 is 2.32 bits per heavy atom. The molecule has 0 atom stereocenters. The van der Waals surface area contributed by atoms with Crippen LogP contribution in [-0.2, 0) is 4.79 Å². The first kappa shape index (κ1) is 16.7. The molecule has 1 heterocycles. The van der Waals surface area contributed by atoms with Crippen molar-refractivity contribution >= 4 is 11.5 Å². The summed E-state index contributed by atoms with van der Waals surface area (Å²) in [4.78, 5) is 16.6. The summed E-state index contributed by atoms with van der Waals surface area (Å²) in [6, 6.07) is 6.24. The fraction of sp³-hybridized carbons (Fsp3) is 0.500. The van der Waals surface area contributed by atoms with Crippen LogP contribution in [0.15, 0.2) is 30.3 Å². The molecule has 1 fully saturated rings. The number of amides is 1. The highest BCUT2D eigenvalue weighted by molar-refractivity contribution is 5.94. The molecule has 3 nitrogen and oxygen atoms in total. The number of rotatable bonds is 4. The van der Waals surface area contributed by atoms with E-state index in [4.69, 9.17) is 0 Å². The van der Waals surface area contributed by atoms with Crippen LogP contribution in [0, 0.1) is 11.7 Å². The van der Waals surface area contributed by atoms with Crippen molar-refractivity contribution in [1.29, 1.82) is 0 Å². The molecular formula is C18H25FN2O. The first-order valence-electron chi connectivity index (χ1n) is 7.91. The van der Waals surface area contributed by atoms with Crippen LogP contribution in [0.1, 0.15) is 26.3 Å². The SMILES string of the molecule is C/C(=C\C(=O)N1CCN(CC(C)C)CC1)c1ccc(F)cc1. The fourth-order valence-electron chi connectivity index (χ4n) is 2.74. The van der Waals surface area contributed by atoms with Crippen LogP contribution in [0.25, 0.3) is 5.57 Å². The molecule has 0 unspecified atom stereocenters. The van der Waals surface area contributed by atoms with Crippen molar-refractivity contribution in [3.05, 3.63) is 41.7 Å². The molecule has 2 rings (SSSR count). The number of carbonyl (C=O) groups is 1. The van der Waals surface area contributed by atoms with Gasteiger partial charge in [-0.3, -0.25) is 9.69 Å². The lowest BCUT2D eigenvalue weighted by Gasteiger charge is -2.35. The van der Waals surface area contributed by atoms with E-state index in [0.29, 0.717) is 5.92 Å². The Kier molecular flexibility index (Phi) is 5.72. The molecule has 22 heavy (non-hydrogen) atoms. The summed E-state index contributed by atoms with van der Waals surface area (Å²) in [5, 5.41) is 0. The summed E-state index contributed by atoms with van der Waals surface area (Å²) in [7, 11) is 0. The number of allylic oxidation sites excluding steroid dienone is 1. The van der Waals surface area contributed by atoms with E-state index in [0.717, 1.165) is 43.9 Å². The lowest BCUT2D eigenvalue weighted by molar-refractivity contribution is -0.127. The standard InChI is InChI=1S/C18H25FN2O/c1-14(2)13-20-8-10-21(11-9-20)18(22)12-15(3)16-4-6-17(19)7-5-16/h4-7,12,14H,8-11,13H2,1-3H3/b15-12+. The summed E-state index contributed by atoms with van der Waals surface area (Å²) >= 11 is 0. The Morgan fingerprint density at radius 2 is 1.77 bits per heavy atom. The first-order valence-corrected chi connectivity index (χ1v) is 7.91. The summed E-state index contributed by atoms with van der Waals surface area (Å²) in [6.45, 7) is 10.8. The van der Waals surface area contributed by atoms with Crippen LogP contribution in [0.2, 0.25) is 0 Å². The van der Waals surface area contributed by atoms with E-state index in [2.05, 4.69) is 18.7 Å². The summed E-state index contributed by atoms with van der Waals surface area (Å²) in [6.07, 6.45) is 1.66. The second-order valence-corrected chi connectivity index (χ2v) is 6.35. The van der Waals surface area contributed by atoms with Crippen molar-refractivity contribution in [3.63, 3.8) is 0 Å². The second kappa shape index (κ2) is 7.54. The monoisotopic (exact) mass is 304 g/mol. The van der Waals surface area contributed by atoms with E-state index in [9.17, 15) is 9.18 Å². The number of halogens is 1. The number of piperazine rings is 1. The van der Waals surface area contributed by atoms with Crippen LogP contribution in [-0.4, -0.2) is 48.4 Å². The van der Waals surface area contributed by atoms with Crippen molar-refractivity contribution < 1.29 is 9.18 Å². The predicted molar refractivity (Wildman–Crippen MR) is 87.9 cm³/mol. The maximum Gasteiger partial charge on any atom is 0.246 e. The fourth-order valence-corrected chi connectivity index (χ4v) is 2.74. The maximum atomic E-state index is 12.9. The van der Waals surface area contributed by atoms with Crippen molar-refractivity contribution in [3.8, 4) is 0 Å². The average Bonchev–Trinajstić information content (AvgIpc) is 2.48. The van der Waals surface area contributed by atoms with Gasteiger partial charge in [-0.2, -0.15) is 0 Å². The topological polar surface area (TPSA) is 23.6 Å². The van der Waals surface area contributed by atoms with Crippen molar-refractivity contribution in [1.82, 2.24) is 9.80 Å². The third-order valence-electron chi connectivity index (χ3n) is 3.95. The first-order chi connectivity index (χ1) is 10.5. The molecule has 0 radical (unpaired) electrons. The molecule has 0 aliphatic carbocycles. The highest BCUT2D eigenvalue weighted by Crippen LogP contribution is 2.15. The lowest BCUT2D eigenvalue weighted by Crippen LogP contribution is -2.49. The van der Waals surface area contributed by atoms with Crippen molar-refractivity contribution in [2.24, 2.45) is 5.92 Å². The molecule has 1 aromatic carbocycles. The van der Waals surface area contributed by atoms with E-state index in [-0.39, 0.29) is 11.7 Å². The maximum absolute atomic E-state index is 12.9. The minimum Gasteiger partial charge on any atom is -0.337 e. The van der Waals surface area contributed by atoms with Gasteiger partial charge in [-0.15, -0.1) is 0 Å². The largest absolute Gasteiger partial charge is 0.337 e. The van der Waals surface area contributed by atoms with Gasteiger partial charge in [0.1, 0.15) is 5.82 Å². The molecule has 4 heteroatoms. The van der Waals surface area contributed by atoms with Crippen LogP contribution < -0.4 is 0 Å². The summed E-state index contributed by atoms with van der Waals surface area (Å²) in [5.74, 6) is 0.443. The smallest absolute Gasteiger partial charge is 0.246 e. The van der Waals surface area contributed by atoms with Crippen molar-refractivity contribution in [2.75, 3.05) is 32.7 Å². The molecule has 1 aromatic rings. The van der Waals surface area contributed by atoms with Gasteiger partial charge in [-0.25, -0.2) is 4.39 Å². The van der Waals surface area contributed by atoms with Gasteiger partial charge in [-0.1, -0.05) is 26.0 Å². The summed E-state index contributed by atoms with van der Waals surface area (Å²) < 4.78 is 12.9. The zero-order valence-electron chi connectivity index (χ0n) is 13.7. The third kappa shape index (κ3) is 4.67. The van der Waals surface area contributed by atoms with E-state index < -0.39 is 0 Å². The molecule has 1 aliphatic heterocycles. The van der Waals surface area contributed by atoms with Crippen LogP contribution >= 0.6 is 0 Å². The van der Waals surface area contributed by atoms with E-state index in [1.807, 2.05) is 11.8 Å². The Morgan fingerprint density at radius 1 is 1.18 bits per heavy atom. The zero-order chi connectivity index (χ0) is 16.1. The molecule has 0 aromatic heterocycles. The van der Waals surface area contributed by atoms with E-state index in [1.54, 1.807) is 18.2 Å². The Hall–Kier alpha value is -1.68. The molecule has 1 amide bonds. The van der Waals surface area contributed by atoms with Crippen molar-refractivity contribution in [2.45, 2.75) is 20.8 Å². The molecular weight excluding hydrogens is 279 g/mol. The molecule has 120 valence electrons.